The lowest BCUT2D eigenvalue weighted by Crippen LogP contribution is -2.38. The molecule has 2 atom stereocenters. The molecule has 0 aromatic heterocycles. The number of hydrogen-bond acceptors (Lipinski definition) is 3. The van der Waals surface area contributed by atoms with Gasteiger partial charge >= 0.3 is 0 Å². The molecule has 0 bridgehead atoms. The van der Waals surface area contributed by atoms with Gasteiger partial charge in [0, 0.05) is 23.9 Å². The highest BCUT2D eigenvalue weighted by Gasteiger charge is 2.15. The van der Waals surface area contributed by atoms with Crippen LogP contribution in [0.3, 0.4) is 0 Å². The number of carbonyl (C=O) groups excluding carboxylic acids is 1. The van der Waals surface area contributed by atoms with E-state index in [0.717, 1.165) is 5.56 Å². The van der Waals surface area contributed by atoms with Gasteiger partial charge in [0.1, 0.15) is 0 Å². The van der Waals surface area contributed by atoms with E-state index in [0.29, 0.717) is 11.3 Å². The van der Waals surface area contributed by atoms with E-state index in [4.69, 9.17) is 10.8 Å². The fraction of sp³-hybridized carbons (Fsp3) is 0.462. The SMILES string of the molecule is Cc1ccc(C(=O)NC(C)C(C)CO)cc1N. The Bertz CT molecular complexity index is 404. The first-order valence-electron chi connectivity index (χ1n) is 5.73. The smallest absolute Gasteiger partial charge is 0.251 e. The molecule has 0 radical (unpaired) electrons. The number of aliphatic hydroxyl groups is 1. The topological polar surface area (TPSA) is 75.3 Å². The normalized spacial score (nSPS) is 14.1. The molecule has 4 N–H and O–H groups in total. The standard InChI is InChI=1S/C13H20N2O2/c1-8-4-5-11(6-12(8)14)13(17)15-10(3)9(2)7-16/h4-6,9-10,16H,7,14H2,1-3H3,(H,15,17). The van der Waals surface area contributed by atoms with E-state index in [2.05, 4.69) is 5.32 Å². The van der Waals surface area contributed by atoms with Gasteiger partial charge in [0.05, 0.1) is 0 Å². The molecule has 94 valence electrons. The Morgan fingerprint density at radius 3 is 2.65 bits per heavy atom. The van der Waals surface area contributed by atoms with Crippen LogP contribution in [0.4, 0.5) is 5.69 Å². The predicted octanol–water partition coefficient (Wildman–Crippen LogP) is 1.32. The number of aliphatic hydroxyl groups excluding tert-OH is 1. The van der Waals surface area contributed by atoms with Crippen molar-refractivity contribution in [2.45, 2.75) is 26.8 Å². The molecule has 0 saturated heterocycles. The van der Waals surface area contributed by atoms with Crippen LogP contribution < -0.4 is 11.1 Å². The predicted molar refractivity (Wildman–Crippen MR) is 68.8 cm³/mol. The molecular weight excluding hydrogens is 216 g/mol. The number of amides is 1. The molecular formula is C13H20N2O2. The van der Waals surface area contributed by atoms with E-state index in [1.165, 1.54) is 0 Å². The average molecular weight is 236 g/mol. The monoisotopic (exact) mass is 236 g/mol. The molecule has 1 rings (SSSR count). The summed E-state index contributed by atoms with van der Waals surface area (Å²) in [6.07, 6.45) is 0. The van der Waals surface area contributed by atoms with Crippen molar-refractivity contribution >= 4 is 11.6 Å². The van der Waals surface area contributed by atoms with E-state index >= 15 is 0 Å². The zero-order chi connectivity index (χ0) is 13.0. The van der Waals surface area contributed by atoms with Gasteiger partial charge in [-0.15, -0.1) is 0 Å². The molecule has 0 aliphatic heterocycles. The number of nitrogens with one attached hydrogen (secondary N) is 1. The molecule has 0 aliphatic carbocycles. The summed E-state index contributed by atoms with van der Waals surface area (Å²) in [7, 11) is 0. The fourth-order valence-corrected chi connectivity index (χ4v) is 1.37. The highest BCUT2D eigenvalue weighted by molar-refractivity contribution is 5.95. The van der Waals surface area contributed by atoms with Crippen LogP contribution in [0.15, 0.2) is 18.2 Å². The van der Waals surface area contributed by atoms with Crippen LogP contribution in [0.2, 0.25) is 0 Å². The quantitative estimate of drug-likeness (QED) is 0.690. The summed E-state index contributed by atoms with van der Waals surface area (Å²) in [6, 6.07) is 5.16. The van der Waals surface area contributed by atoms with Gasteiger partial charge in [-0.1, -0.05) is 13.0 Å². The summed E-state index contributed by atoms with van der Waals surface area (Å²) >= 11 is 0. The lowest BCUT2D eigenvalue weighted by molar-refractivity contribution is 0.0916. The first-order chi connectivity index (χ1) is 7.95. The highest BCUT2D eigenvalue weighted by Crippen LogP contribution is 2.13. The van der Waals surface area contributed by atoms with E-state index < -0.39 is 0 Å². The van der Waals surface area contributed by atoms with Gasteiger partial charge in [-0.05, 0) is 37.5 Å². The number of benzene rings is 1. The lowest BCUT2D eigenvalue weighted by atomic mass is 10.0. The molecule has 1 aromatic carbocycles. The molecule has 0 aliphatic rings. The summed E-state index contributed by atoms with van der Waals surface area (Å²) in [5, 5.41) is 11.8. The summed E-state index contributed by atoms with van der Waals surface area (Å²) in [5.41, 5.74) is 7.87. The Balaban J connectivity index is 2.73. The molecule has 1 amide bonds. The maximum Gasteiger partial charge on any atom is 0.251 e. The zero-order valence-electron chi connectivity index (χ0n) is 10.5. The fourth-order valence-electron chi connectivity index (χ4n) is 1.37. The van der Waals surface area contributed by atoms with Crippen molar-refractivity contribution in [2.24, 2.45) is 5.92 Å². The van der Waals surface area contributed by atoms with E-state index in [9.17, 15) is 4.79 Å². The summed E-state index contributed by atoms with van der Waals surface area (Å²) in [4.78, 5) is 11.9. The van der Waals surface area contributed by atoms with Crippen molar-refractivity contribution in [3.05, 3.63) is 29.3 Å². The maximum atomic E-state index is 11.9. The molecule has 0 saturated carbocycles. The van der Waals surface area contributed by atoms with Crippen LogP contribution in [-0.2, 0) is 0 Å². The Morgan fingerprint density at radius 1 is 1.47 bits per heavy atom. The molecule has 4 nitrogen and oxygen atoms in total. The number of anilines is 1. The first kappa shape index (κ1) is 13.5. The summed E-state index contributed by atoms with van der Waals surface area (Å²) in [6.45, 7) is 5.70. The number of nitrogens with two attached hydrogens (primary N) is 1. The van der Waals surface area contributed by atoms with Crippen LogP contribution in [0.1, 0.15) is 29.8 Å². The van der Waals surface area contributed by atoms with E-state index in [1.54, 1.807) is 12.1 Å². The van der Waals surface area contributed by atoms with Gasteiger partial charge in [-0.2, -0.15) is 0 Å². The van der Waals surface area contributed by atoms with E-state index in [1.807, 2.05) is 26.8 Å². The van der Waals surface area contributed by atoms with Gasteiger partial charge < -0.3 is 16.2 Å². The van der Waals surface area contributed by atoms with Crippen molar-refractivity contribution < 1.29 is 9.90 Å². The Morgan fingerprint density at radius 2 is 2.12 bits per heavy atom. The number of hydrogen-bond donors (Lipinski definition) is 3. The minimum atomic E-state index is -0.162. The molecule has 2 unspecified atom stereocenters. The highest BCUT2D eigenvalue weighted by atomic mass is 16.3. The van der Waals surface area contributed by atoms with Crippen molar-refractivity contribution in [1.29, 1.82) is 0 Å². The van der Waals surface area contributed by atoms with Crippen LogP contribution >= 0.6 is 0 Å². The second-order valence-electron chi connectivity index (χ2n) is 4.49. The largest absolute Gasteiger partial charge is 0.398 e. The van der Waals surface area contributed by atoms with Crippen LogP contribution in [0.5, 0.6) is 0 Å². The third-order valence-electron chi connectivity index (χ3n) is 3.04. The molecule has 1 aromatic rings. The minimum Gasteiger partial charge on any atom is -0.398 e. The lowest BCUT2D eigenvalue weighted by Gasteiger charge is -2.19. The van der Waals surface area contributed by atoms with Crippen molar-refractivity contribution in [1.82, 2.24) is 5.32 Å². The van der Waals surface area contributed by atoms with Crippen LogP contribution in [0, 0.1) is 12.8 Å². The molecule has 0 fully saturated rings. The number of nitrogen functional groups attached to an aromatic ring is 1. The third kappa shape index (κ3) is 3.46. The third-order valence-corrected chi connectivity index (χ3v) is 3.04. The van der Waals surface area contributed by atoms with Crippen molar-refractivity contribution in [2.75, 3.05) is 12.3 Å². The first-order valence-corrected chi connectivity index (χ1v) is 5.73. The second kappa shape index (κ2) is 5.68. The summed E-state index contributed by atoms with van der Waals surface area (Å²) in [5.74, 6) is -0.133. The van der Waals surface area contributed by atoms with Gasteiger partial charge in [-0.3, -0.25) is 4.79 Å². The average Bonchev–Trinajstić information content (AvgIpc) is 2.31. The van der Waals surface area contributed by atoms with Gasteiger partial charge in [0.2, 0.25) is 0 Å². The second-order valence-corrected chi connectivity index (χ2v) is 4.49. The Labute approximate surface area is 102 Å². The van der Waals surface area contributed by atoms with Crippen molar-refractivity contribution in [3.8, 4) is 0 Å². The zero-order valence-corrected chi connectivity index (χ0v) is 10.5. The van der Waals surface area contributed by atoms with Crippen molar-refractivity contribution in [3.63, 3.8) is 0 Å². The number of aryl methyl sites for hydroxylation is 1. The molecule has 0 spiro atoms. The Hall–Kier alpha value is -1.55. The number of rotatable bonds is 4. The van der Waals surface area contributed by atoms with Gasteiger partial charge in [0.15, 0.2) is 0 Å². The number of carbonyl (C=O) groups is 1. The maximum absolute atomic E-state index is 11.9. The van der Waals surface area contributed by atoms with Gasteiger partial charge in [-0.25, -0.2) is 0 Å². The molecule has 4 heteroatoms. The van der Waals surface area contributed by atoms with Crippen LogP contribution in [-0.4, -0.2) is 23.7 Å². The van der Waals surface area contributed by atoms with E-state index in [-0.39, 0.29) is 24.5 Å². The molecule has 0 heterocycles. The summed E-state index contributed by atoms with van der Waals surface area (Å²) < 4.78 is 0. The van der Waals surface area contributed by atoms with Gasteiger partial charge in [0.25, 0.3) is 5.91 Å². The Kier molecular flexibility index (Phi) is 4.52. The van der Waals surface area contributed by atoms with Crippen LogP contribution in [0.25, 0.3) is 0 Å². The minimum absolute atomic E-state index is 0.0294. The molecule has 17 heavy (non-hydrogen) atoms.